The third kappa shape index (κ3) is 9.95. The molecule has 0 heterocycles. The van der Waals surface area contributed by atoms with Gasteiger partial charge >= 0.3 is 5.97 Å². The van der Waals surface area contributed by atoms with Crippen LogP contribution in [0.2, 0.25) is 0 Å². The lowest BCUT2D eigenvalue weighted by molar-refractivity contribution is 0.0526. The molecular formula is C20H32IN3O3. The van der Waals surface area contributed by atoms with Crippen molar-refractivity contribution in [1.82, 2.24) is 10.6 Å². The van der Waals surface area contributed by atoms with Gasteiger partial charge in [-0.1, -0.05) is 12.1 Å². The lowest BCUT2D eigenvalue weighted by Gasteiger charge is -2.11. The largest absolute Gasteiger partial charge is 0.462 e. The van der Waals surface area contributed by atoms with Crippen molar-refractivity contribution >= 4 is 35.9 Å². The van der Waals surface area contributed by atoms with Crippen LogP contribution in [0.15, 0.2) is 29.3 Å². The number of nitrogens with zero attached hydrogens (tertiary/aromatic N) is 1. The van der Waals surface area contributed by atoms with Crippen LogP contribution in [0.3, 0.4) is 0 Å². The maximum Gasteiger partial charge on any atom is 0.338 e. The van der Waals surface area contributed by atoms with E-state index >= 15 is 0 Å². The lowest BCUT2D eigenvalue weighted by Crippen LogP contribution is -2.38. The van der Waals surface area contributed by atoms with Crippen LogP contribution in [0, 0.1) is 5.92 Å². The Morgan fingerprint density at radius 2 is 1.93 bits per heavy atom. The molecule has 0 radical (unpaired) electrons. The topological polar surface area (TPSA) is 72.0 Å². The van der Waals surface area contributed by atoms with Gasteiger partial charge in [0.15, 0.2) is 5.96 Å². The minimum absolute atomic E-state index is 0. The fourth-order valence-corrected chi connectivity index (χ4v) is 2.39. The van der Waals surface area contributed by atoms with E-state index in [4.69, 9.17) is 9.47 Å². The summed E-state index contributed by atoms with van der Waals surface area (Å²) < 4.78 is 10.6. The molecule has 2 rings (SSSR count). The van der Waals surface area contributed by atoms with Crippen molar-refractivity contribution in [2.45, 2.75) is 39.7 Å². The van der Waals surface area contributed by atoms with Gasteiger partial charge in [-0.2, -0.15) is 0 Å². The maximum absolute atomic E-state index is 11.7. The number of hydrogen-bond acceptors (Lipinski definition) is 4. The van der Waals surface area contributed by atoms with Crippen LogP contribution in [0.4, 0.5) is 0 Å². The third-order valence-electron chi connectivity index (χ3n) is 4.04. The number of aliphatic imine (C=N–C) groups is 1. The predicted molar refractivity (Wildman–Crippen MR) is 119 cm³/mol. The number of rotatable bonds is 11. The number of esters is 1. The van der Waals surface area contributed by atoms with Crippen LogP contribution in [-0.4, -0.2) is 44.8 Å². The number of benzene rings is 1. The highest BCUT2D eigenvalue weighted by atomic mass is 127. The summed E-state index contributed by atoms with van der Waals surface area (Å²) in [5.74, 6) is 1.32. The van der Waals surface area contributed by atoms with E-state index in [-0.39, 0.29) is 29.9 Å². The highest BCUT2D eigenvalue weighted by molar-refractivity contribution is 14.0. The van der Waals surface area contributed by atoms with E-state index in [1.165, 1.54) is 12.8 Å². The Balaban J connectivity index is 0.00000364. The number of carbonyl (C=O) groups is 1. The fourth-order valence-electron chi connectivity index (χ4n) is 2.39. The molecule has 1 fully saturated rings. The molecule has 0 aliphatic heterocycles. The SMILES string of the molecule is CCNC(=NCc1ccc(C(=O)OCC)cc1)NCCCOCC1CC1.I. The predicted octanol–water partition coefficient (Wildman–Crippen LogP) is 3.35. The Hall–Kier alpha value is -1.35. The summed E-state index contributed by atoms with van der Waals surface area (Å²) in [6, 6.07) is 7.37. The zero-order valence-corrected chi connectivity index (χ0v) is 18.7. The highest BCUT2D eigenvalue weighted by Gasteiger charge is 2.20. The van der Waals surface area contributed by atoms with Gasteiger partial charge in [-0.25, -0.2) is 9.79 Å². The summed E-state index contributed by atoms with van der Waals surface area (Å²) in [6.07, 6.45) is 3.62. The second-order valence-electron chi connectivity index (χ2n) is 6.41. The second-order valence-corrected chi connectivity index (χ2v) is 6.41. The van der Waals surface area contributed by atoms with Crippen LogP contribution in [-0.2, 0) is 16.0 Å². The van der Waals surface area contributed by atoms with E-state index in [0.717, 1.165) is 50.2 Å². The minimum Gasteiger partial charge on any atom is -0.462 e. The molecule has 1 aromatic carbocycles. The average Bonchev–Trinajstić information content (AvgIpc) is 3.47. The highest BCUT2D eigenvalue weighted by Crippen LogP contribution is 2.28. The minimum atomic E-state index is -0.290. The molecule has 0 amide bonds. The van der Waals surface area contributed by atoms with Crippen LogP contribution < -0.4 is 10.6 Å². The molecule has 0 atom stereocenters. The van der Waals surface area contributed by atoms with Gasteiger partial charge in [-0.05, 0) is 56.7 Å². The molecule has 6 nitrogen and oxygen atoms in total. The summed E-state index contributed by atoms with van der Waals surface area (Å²) in [5.41, 5.74) is 1.61. The number of ether oxygens (including phenoxy) is 2. The van der Waals surface area contributed by atoms with E-state index in [1.54, 1.807) is 19.1 Å². The zero-order valence-electron chi connectivity index (χ0n) is 16.3. The van der Waals surface area contributed by atoms with Crippen LogP contribution in [0.25, 0.3) is 0 Å². The monoisotopic (exact) mass is 489 g/mol. The summed E-state index contributed by atoms with van der Waals surface area (Å²) in [6.45, 7) is 8.13. The molecule has 0 aromatic heterocycles. The first-order valence-electron chi connectivity index (χ1n) is 9.59. The molecule has 2 N–H and O–H groups in total. The lowest BCUT2D eigenvalue weighted by atomic mass is 10.1. The second kappa shape index (κ2) is 13.8. The van der Waals surface area contributed by atoms with E-state index in [2.05, 4.69) is 15.6 Å². The fraction of sp³-hybridized carbons (Fsp3) is 0.600. The molecule has 7 heteroatoms. The van der Waals surface area contributed by atoms with Crippen LogP contribution >= 0.6 is 24.0 Å². The van der Waals surface area contributed by atoms with Crippen molar-refractivity contribution in [1.29, 1.82) is 0 Å². The molecule has 0 bridgehead atoms. The Bertz CT molecular complexity index is 574. The summed E-state index contributed by atoms with van der Waals surface area (Å²) in [5, 5.41) is 6.57. The van der Waals surface area contributed by atoms with E-state index < -0.39 is 0 Å². The number of hydrogen-bond donors (Lipinski definition) is 2. The first kappa shape index (κ1) is 23.7. The Morgan fingerprint density at radius 1 is 1.19 bits per heavy atom. The molecule has 27 heavy (non-hydrogen) atoms. The van der Waals surface area contributed by atoms with E-state index in [1.807, 2.05) is 19.1 Å². The first-order valence-corrected chi connectivity index (χ1v) is 9.59. The van der Waals surface area contributed by atoms with Gasteiger partial charge in [0.1, 0.15) is 0 Å². The van der Waals surface area contributed by atoms with E-state index in [9.17, 15) is 4.79 Å². The first-order chi connectivity index (χ1) is 12.7. The van der Waals surface area contributed by atoms with Gasteiger partial charge in [0.2, 0.25) is 0 Å². The van der Waals surface area contributed by atoms with Gasteiger partial charge in [-0.15, -0.1) is 24.0 Å². The molecule has 0 unspecified atom stereocenters. The van der Waals surface area contributed by atoms with Crippen LogP contribution in [0.1, 0.15) is 49.0 Å². The molecule has 0 spiro atoms. The standard InChI is InChI=1S/C20H31N3O3.HI/c1-3-21-20(22-12-5-13-25-15-17-6-7-17)23-14-16-8-10-18(11-9-16)19(24)26-4-2;/h8-11,17H,3-7,12-15H2,1-2H3,(H2,21,22,23);1H. The van der Waals surface area contributed by atoms with Crippen LogP contribution in [0.5, 0.6) is 0 Å². The molecule has 1 aliphatic rings. The molecule has 1 saturated carbocycles. The maximum atomic E-state index is 11.7. The zero-order chi connectivity index (χ0) is 18.6. The van der Waals surface area contributed by atoms with E-state index in [0.29, 0.717) is 18.7 Å². The van der Waals surface area contributed by atoms with Gasteiger partial charge in [0, 0.05) is 26.3 Å². The van der Waals surface area contributed by atoms with Crippen molar-refractivity contribution in [2.24, 2.45) is 10.9 Å². The average molecular weight is 489 g/mol. The number of carbonyl (C=O) groups excluding carboxylic acids is 1. The summed E-state index contributed by atoms with van der Waals surface area (Å²) in [4.78, 5) is 16.2. The number of halogens is 1. The molecule has 152 valence electrons. The smallest absolute Gasteiger partial charge is 0.338 e. The Labute approximate surface area is 179 Å². The van der Waals surface area contributed by atoms with Crippen molar-refractivity contribution in [2.75, 3.05) is 32.9 Å². The quantitative estimate of drug-likeness (QED) is 0.164. The van der Waals surface area contributed by atoms with Crippen molar-refractivity contribution < 1.29 is 14.3 Å². The Morgan fingerprint density at radius 3 is 2.56 bits per heavy atom. The Kier molecular flexibility index (Phi) is 12.1. The van der Waals surface area contributed by atoms with Gasteiger partial charge < -0.3 is 20.1 Å². The normalized spacial score (nSPS) is 13.6. The van der Waals surface area contributed by atoms with Gasteiger partial charge in [0.25, 0.3) is 0 Å². The van der Waals surface area contributed by atoms with Crippen molar-refractivity contribution in [3.05, 3.63) is 35.4 Å². The summed E-state index contributed by atoms with van der Waals surface area (Å²) in [7, 11) is 0. The van der Waals surface area contributed by atoms with Crippen molar-refractivity contribution in [3.8, 4) is 0 Å². The third-order valence-corrected chi connectivity index (χ3v) is 4.04. The molecular weight excluding hydrogens is 457 g/mol. The molecule has 1 aliphatic carbocycles. The van der Waals surface area contributed by atoms with Crippen molar-refractivity contribution in [3.63, 3.8) is 0 Å². The van der Waals surface area contributed by atoms with Gasteiger partial charge in [-0.3, -0.25) is 0 Å². The molecule has 0 saturated heterocycles. The van der Waals surface area contributed by atoms with Gasteiger partial charge in [0.05, 0.1) is 18.7 Å². The molecule has 1 aromatic rings. The number of nitrogens with one attached hydrogen (secondary N) is 2. The summed E-state index contributed by atoms with van der Waals surface area (Å²) >= 11 is 0. The number of guanidine groups is 1.